The molecular weight excluding hydrogens is 408 g/mol. The van der Waals surface area contributed by atoms with Crippen LogP contribution in [0.25, 0.3) is 22.3 Å². The zero-order valence-electron chi connectivity index (χ0n) is 17.7. The zero-order chi connectivity index (χ0) is 21.6. The topological polar surface area (TPSA) is 99.6 Å². The molecule has 0 aliphatic rings. The highest BCUT2D eigenvalue weighted by Gasteiger charge is 2.17. The Balaban J connectivity index is 1.55. The second-order valence-electron chi connectivity index (χ2n) is 7.54. The Labute approximate surface area is 185 Å². The molecular formula is C23H26N6OS. The standard InChI is InChI=1S/C23H26N6OS/c1-15(2)19-20-21(29-28-19)22(27-23(26-20)31-13-5-12-30)25-14-16-7-9-17(10-8-16)18-6-3-4-11-24-18/h3-4,6-11,15,30H,5,12-14H2,1-2H3,(H,28,29)(H,25,26,27). The molecule has 1 aromatic carbocycles. The van der Waals surface area contributed by atoms with E-state index < -0.39 is 0 Å². The van der Waals surface area contributed by atoms with Gasteiger partial charge in [-0.25, -0.2) is 9.97 Å². The van der Waals surface area contributed by atoms with Gasteiger partial charge in [0.1, 0.15) is 5.52 Å². The van der Waals surface area contributed by atoms with Crippen molar-refractivity contribution in [2.24, 2.45) is 0 Å². The second kappa shape index (κ2) is 9.89. The first-order chi connectivity index (χ1) is 15.2. The molecule has 3 heterocycles. The first-order valence-electron chi connectivity index (χ1n) is 10.4. The largest absolute Gasteiger partial charge is 0.396 e. The Morgan fingerprint density at radius 1 is 1.06 bits per heavy atom. The molecule has 0 spiro atoms. The molecule has 0 atom stereocenters. The Kier molecular flexibility index (Phi) is 6.79. The van der Waals surface area contributed by atoms with Gasteiger partial charge in [-0.1, -0.05) is 55.9 Å². The summed E-state index contributed by atoms with van der Waals surface area (Å²) in [5.41, 5.74) is 5.79. The van der Waals surface area contributed by atoms with Crippen LogP contribution in [-0.4, -0.2) is 42.6 Å². The first kappa shape index (κ1) is 21.3. The van der Waals surface area contributed by atoms with E-state index in [1.165, 1.54) is 0 Å². The average molecular weight is 435 g/mol. The van der Waals surface area contributed by atoms with E-state index >= 15 is 0 Å². The lowest BCUT2D eigenvalue weighted by Crippen LogP contribution is -2.04. The average Bonchev–Trinajstić information content (AvgIpc) is 3.23. The third-order valence-corrected chi connectivity index (χ3v) is 5.83. The van der Waals surface area contributed by atoms with Gasteiger partial charge < -0.3 is 10.4 Å². The highest BCUT2D eigenvalue weighted by atomic mass is 32.2. The fourth-order valence-electron chi connectivity index (χ4n) is 3.23. The Morgan fingerprint density at radius 2 is 1.90 bits per heavy atom. The number of nitrogens with one attached hydrogen (secondary N) is 2. The van der Waals surface area contributed by atoms with Crippen molar-refractivity contribution in [2.45, 2.75) is 37.9 Å². The molecule has 0 aliphatic carbocycles. The Bertz CT molecular complexity index is 1130. The van der Waals surface area contributed by atoms with Gasteiger partial charge in [0.2, 0.25) is 0 Å². The van der Waals surface area contributed by atoms with Gasteiger partial charge in [0.15, 0.2) is 16.5 Å². The van der Waals surface area contributed by atoms with E-state index in [1.807, 2.05) is 18.2 Å². The molecule has 0 radical (unpaired) electrons. The number of thioether (sulfide) groups is 1. The summed E-state index contributed by atoms with van der Waals surface area (Å²) >= 11 is 1.55. The molecule has 0 amide bonds. The van der Waals surface area contributed by atoms with Crippen LogP contribution in [-0.2, 0) is 6.54 Å². The number of hydrogen-bond acceptors (Lipinski definition) is 7. The Morgan fingerprint density at radius 3 is 2.61 bits per heavy atom. The number of aromatic amines is 1. The van der Waals surface area contributed by atoms with Crippen molar-refractivity contribution >= 4 is 28.6 Å². The van der Waals surface area contributed by atoms with E-state index in [-0.39, 0.29) is 12.5 Å². The summed E-state index contributed by atoms with van der Waals surface area (Å²) < 4.78 is 0. The molecule has 0 bridgehead atoms. The summed E-state index contributed by atoms with van der Waals surface area (Å²) in [5, 5.41) is 20.8. The Hall–Kier alpha value is -2.97. The summed E-state index contributed by atoms with van der Waals surface area (Å²) in [5.74, 6) is 1.77. The van der Waals surface area contributed by atoms with E-state index in [2.05, 4.69) is 58.6 Å². The molecule has 3 aromatic heterocycles. The van der Waals surface area contributed by atoms with Crippen LogP contribution in [0.2, 0.25) is 0 Å². The molecule has 4 aromatic rings. The van der Waals surface area contributed by atoms with Crippen molar-refractivity contribution in [3.8, 4) is 11.3 Å². The van der Waals surface area contributed by atoms with Crippen LogP contribution in [0.5, 0.6) is 0 Å². The van der Waals surface area contributed by atoms with Crippen molar-refractivity contribution in [1.82, 2.24) is 25.1 Å². The molecule has 0 saturated carbocycles. The van der Waals surface area contributed by atoms with Gasteiger partial charge >= 0.3 is 0 Å². The summed E-state index contributed by atoms with van der Waals surface area (Å²) in [6.45, 7) is 5.02. The summed E-state index contributed by atoms with van der Waals surface area (Å²) in [4.78, 5) is 13.8. The number of pyridine rings is 1. The number of H-pyrrole nitrogens is 1. The summed E-state index contributed by atoms with van der Waals surface area (Å²) in [6.07, 6.45) is 2.51. The smallest absolute Gasteiger partial charge is 0.190 e. The van der Waals surface area contributed by atoms with E-state index in [0.29, 0.717) is 23.9 Å². The van der Waals surface area contributed by atoms with Gasteiger partial charge in [0, 0.05) is 30.7 Å². The number of hydrogen-bond donors (Lipinski definition) is 3. The molecule has 8 heteroatoms. The fourth-order valence-corrected chi connectivity index (χ4v) is 4.00. The molecule has 0 aliphatic heterocycles. The SMILES string of the molecule is CC(C)c1[nH]nc2c(NCc3ccc(-c4ccccn4)cc3)nc(SCCCO)nc12. The predicted octanol–water partition coefficient (Wildman–Crippen LogP) is 4.62. The second-order valence-corrected chi connectivity index (χ2v) is 8.60. The number of aliphatic hydroxyl groups is 1. The lowest BCUT2D eigenvalue weighted by molar-refractivity contribution is 0.296. The monoisotopic (exact) mass is 434 g/mol. The highest BCUT2D eigenvalue weighted by Crippen LogP contribution is 2.29. The van der Waals surface area contributed by atoms with Crippen LogP contribution in [0.3, 0.4) is 0 Å². The maximum atomic E-state index is 9.07. The van der Waals surface area contributed by atoms with Crippen molar-refractivity contribution in [2.75, 3.05) is 17.7 Å². The molecule has 4 rings (SSSR count). The van der Waals surface area contributed by atoms with Gasteiger partial charge in [-0.2, -0.15) is 5.10 Å². The molecule has 31 heavy (non-hydrogen) atoms. The van der Waals surface area contributed by atoms with Crippen molar-refractivity contribution in [3.63, 3.8) is 0 Å². The fraction of sp³-hybridized carbons (Fsp3) is 0.304. The lowest BCUT2D eigenvalue weighted by atomic mass is 10.1. The van der Waals surface area contributed by atoms with Crippen molar-refractivity contribution in [3.05, 3.63) is 59.9 Å². The summed E-state index contributed by atoms with van der Waals surface area (Å²) in [7, 11) is 0. The van der Waals surface area contributed by atoms with Crippen LogP contribution in [0, 0.1) is 0 Å². The van der Waals surface area contributed by atoms with E-state index in [0.717, 1.165) is 39.3 Å². The highest BCUT2D eigenvalue weighted by molar-refractivity contribution is 7.99. The van der Waals surface area contributed by atoms with Crippen LogP contribution < -0.4 is 5.32 Å². The molecule has 160 valence electrons. The molecule has 0 fully saturated rings. The van der Waals surface area contributed by atoms with Crippen molar-refractivity contribution in [1.29, 1.82) is 0 Å². The quantitative estimate of drug-likeness (QED) is 0.201. The minimum absolute atomic E-state index is 0.164. The third-order valence-electron chi connectivity index (χ3n) is 4.89. The number of fused-ring (bicyclic) bond motifs is 1. The first-order valence-corrected chi connectivity index (χ1v) is 11.4. The van der Waals surface area contributed by atoms with E-state index in [9.17, 15) is 0 Å². The number of aromatic nitrogens is 5. The van der Waals surface area contributed by atoms with Gasteiger partial charge in [0.25, 0.3) is 0 Å². The summed E-state index contributed by atoms with van der Waals surface area (Å²) in [6, 6.07) is 14.3. The molecule has 0 saturated heterocycles. The number of rotatable bonds is 9. The number of aliphatic hydroxyl groups excluding tert-OH is 1. The van der Waals surface area contributed by atoms with E-state index in [1.54, 1.807) is 18.0 Å². The normalized spacial score (nSPS) is 11.4. The zero-order valence-corrected chi connectivity index (χ0v) is 18.5. The predicted molar refractivity (Wildman–Crippen MR) is 125 cm³/mol. The molecule has 0 unspecified atom stereocenters. The minimum Gasteiger partial charge on any atom is -0.396 e. The minimum atomic E-state index is 0.164. The lowest BCUT2D eigenvalue weighted by Gasteiger charge is -2.10. The van der Waals surface area contributed by atoms with Gasteiger partial charge in [0.05, 0.1) is 11.4 Å². The molecule has 3 N–H and O–H groups in total. The number of anilines is 1. The maximum absolute atomic E-state index is 9.07. The number of nitrogens with zero attached hydrogens (tertiary/aromatic N) is 4. The van der Waals surface area contributed by atoms with Crippen molar-refractivity contribution < 1.29 is 5.11 Å². The maximum Gasteiger partial charge on any atom is 0.190 e. The van der Waals surface area contributed by atoms with Gasteiger partial charge in [-0.05, 0) is 30.0 Å². The third kappa shape index (κ3) is 5.03. The van der Waals surface area contributed by atoms with E-state index in [4.69, 9.17) is 15.1 Å². The van der Waals surface area contributed by atoms with Crippen LogP contribution in [0.15, 0.2) is 53.8 Å². The number of benzene rings is 1. The van der Waals surface area contributed by atoms with Crippen LogP contribution in [0.4, 0.5) is 5.82 Å². The van der Waals surface area contributed by atoms with Gasteiger partial charge in [-0.15, -0.1) is 0 Å². The van der Waals surface area contributed by atoms with Crippen LogP contribution in [0.1, 0.15) is 37.4 Å². The van der Waals surface area contributed by atoms with Gasteiger partial charge in [-0.3, -0.25) is 10.1 Å². The van der Waals surface area contributed by atoms with Crippen LogP contribution >= 0.6 is 11.8 Å². The molecule has 7 nitrogen and oxygen atoms in total.